The van der Waals surface area contributed by atoms with E-state index in [4.69, 9.17) is 4.74 Å². The highest BCUT2D eigenvalue weighted by Crippen LogP contribution is 2.26. The van der Waals surface area contributed by atoms with Crippen molar-refractivity contribution >= 4 is 11.6 Å². The van der Waals surface area contributed by atoms with Crippen LogP contribution in [0.3, 0.4) is 0 Å². The van der Waals surface area contributed by atoms with Gasteiger partial charge in [0.05, 0.1) is 0 Å². The van der Waals surface area contributed by atoms with E-state index in [0.717, 1.165) is 12.1 Å². The van der Waals surface area contributed by atoms with Crippen LogP contribution in [0.5, 0.6) is 11.5 Å². The van der Waals surface area contributed by atoms with Crippen LogP contribution in [-0.4, -0.2) is 10.9 Å². The lowest BCUT2D eigenvalue weighted by atomic mass is 9.89. The van der Waals surface area contributed by atoms with Crippen LogP contribution in [0.15, 0.2) is 48.8 Å². The van der Waals surface area contributed by atoms with Gasteiger partial charge in [0.2, 0.25) is 5.91 Å². The molecule has 0 saturated heterocycles. The molecule has 1 amide bonds. The highest BCUT2D eigenvalue weighted by molar-refractivity contribution is 5.94. The fourth-order valence-corrected chi connectivity index (χ4v) is 1.64. The number of nitrogens with zero attached hydrogens (tertiary/aromatic N) is 1. The van der Waals surface area contributed by atoms with Gasteiger partial charge in [-0.2, -0.15) is 0 Å². The zero-order chi connectivity index (χ0) is 15.3. The number of hydrogen-bond acceptors (Lipinski definition) is 3. The Labute approximate surface area is 125 Å². The average Bonchev–Trinajstić information content (AvgIpc) is 2.48. The fraction of sp³-hybridized carbons (Fsp3) is 0.294. The summed E-state index contributed by atoms with van der Waals surface area (Å²) in [5.74, 6) is 1.39. The van der Waals surface area contributed by atoms with Crippen LogP contribution < -0.4 is 10.1 Å². The van der Waals surface area contributed by atoms with Crippen molar-refractivity contribution < 1.29 is 9.53 Å². The number of nitrogens with one attached hydrogen (secondary N) is 1. The van der Waals surface area contributed by atoms with Crippen molar-refractivity contribution in [3.8, 4) is 11.5 Å². The second-order valence-corrected chi connectivity index (χ2v) is 5.50. The van der Waals surface area contributed by atoms with Crippen LogP contribution in [0.2, 0.25) is 0 Å². The van der Waals surface area contributed by atoms with Crippen molar-refractivity contribution in [1.29, 1.82) is 0 Å². The molecule has 0 spiro atoms. The van der Waals surface area contributed by atoms with Crippen molar-refractivity contribution in [3.63, 3.8) is 0 Å². The van der Waals surface area contributed by atoms with Crippen LogP contribution in [0.4, 0.5) is 5.69 Å². The Bertz CT molecular complexity index is 609. The Kier molecular flexibility index (Phi) is 4.58. The normalized spacial score (nSPS) is 11.0. The van der Waals surface area contributed by atoms with Gasteiger partial charge in [-0.15, -0.1) is 0 Å². The van der Waals surface area contributed by atoms with Crippen molar-refractivity contribution in [2.45, 2.75) is 27.2 Å². The lowest BCUT2D eigenvalue weighted by Crippen LogP contribution is -2.29. The van der Waals surface area contributed by atoms with Gasteiger partial charge < -0.3 is 10.1 Å². The number of aromatic nitrogens is 1. The maximum Gasteiger partial charge on any atom is 0.230 e. The Balaban J connectivity index is 2.10. The number of pyridine rings is 1. The van der Waals surface area contributed by atoms with Crippen LogP contribution in [0.1, 0.15) is 27.2 Å². The molecule has 1 aromatic carbocycles. The molecule has 21 heavy (non-hydrogen) atoms. The summed E-state index contributed by atoms with van der Waals surface area (Å²) in [4.78, 5) is 16.1. The van der Waals surface area contributed by atoms with Crippen molar-refractivity contribution in [1.82, 2.24) is 4.98 Å². The number of carbonyl (C=O) groups excluding carboxylic acids is 1. The second kappa shape index (κ2) is 6.39. The lowest BCUT2D eigenvalue weighted by molar-refractivity contribution is -0.124. The zero-order valence-electron chi connectivity index (χ0n) is 12.6. The fourth-order valence-electron chi connectivity index (χ4n) is 1.64. The summed E-state index contributed by atoms with van der Waals surface area (Å²) < 4.78 is 5.72. The van der Waals surface area contributed by atoms with Gasteiger partial charge in [-0.3, -0.25) is 9.78 Å². The van der Waals surface area contributed by atoms with Crippen LogP contribution >= 0.6 is 0 Å². The third kappa shape index (κ3) is 4.05. The summed E-state index contributed by atoms with van der Waals surface area (Å²) in [6.07, 6.45) is 4.13. The zero-order valence-corrected chi connectivity index (χ0v) is 12.6. The SMILES string of the molecule is CCC(C)(C)C(=O)Nc1cccc(Oc2ccncc2)c1. The molecule has 0 aliphatic rings. The summed E-state index contributed by atoms with van der Waals surface area (Å²) in [6, 6.07) is 10.9. The number of rotatable bonds is 5. The molecule has 0 atom stereocenters. The lowest BCUT2D eigenvalue weighted by Gasteiger charge is -2.21. The van der Waals surface area contributed by atoms with Gasteiger partial charge in [-0.1, -0.05) is 26.8 Å². The molecule has 0 bridgehead atoms. The molecule has 0 fully saturated rings. The summed E-state index contributed by atoms with van der Waals surface area (Å²) in [7, 11) is 0. The van der Waals surface area contributed by atoms with Crippen molar-refractivity contribution in [2.75, 3.05) is 5.32 Å². The van der Waals surface area contributed by atoms with Gasteiger partial charge in [0.15, 0.2) is 0 Å². The monoisotopic (exact) mass is 284 g/mol. The van der Waals surface area contributed by atoms with Crippen molar-refractivity contribution in [3.05, 3.63) is 48.8 Å². The summed E-state index contributed by atoms with van der Waals surface area (Å²) in [6.45, 7) is 5.86. The molecule has 110 valence electrons. The maximum atomic E-state index is 12.2. The molecule has 0 radical (unpaired) electrons. The third-order valence-corrected chi connectivity index (χ3v) is 3.48. The van der Waals surface area contributed by atoms with E-state index in [9.17, 15) is 4.79 Å². The van der Waals surface area contributed by atoms with Gasteiger partial charge in [-0.25, -0.2) is 0 Å². The number of carbonyl (C=O) groups is 1. The predicted molar refractivity (Wildman–Crippen MR) is 83.5 cm³/mol. The number of anilines is 1. The average molecular weight is 284 g/mol. The molecule has 0 unspecified atom stereocenters. The summed E-state index contributed by atoms with van der Waals surface area (Å²) in [5.41, 5.74) is 0.343. The van der Waals surface area contributed by atoms with Crippen LogP contribution in [0, 0.1) is 5.41 Å². The highest BCUT2D eigenvalue weighted by atomic mass is 16.5. The van der Waals surface area contributed by atoms with Crippen LogP contribution in [-0.2, 0) is 4.79 Å². The summed E-state index contributed by atoms with van der Waals surface area (Å²) in [5, 5.41) is 2.93. The number of benzene rings is 1. The molecule has 2 aromatic rings. The van der Waals surface area contributed by atoms with Gasteiger partial charge in [0, 0.05) is 29.6 Å². The minimum atomic E-state index is -0.387. The smallest absolute Gasteiger partial charge is 0.230 e. The summed E-state index contributed by atoms with van der Waals surface area (Å²) >= 11 is 0. The van der Waals surface area contributed by atoms with Gasteiger partial charge in [-0.05, 0) is 30.7 Å². The molecule has 4 nitrogen and oxygen atoms in total. The van der Waals surface area contributed by atoms with E-state index in [0.29, 0.717) is 11.5 Å². The molecule has 4 heteroatoms. The standard InChI is InChI=1S/C17H20N2O2/c1-4-17(2,3)16(20)19-13-6-5-7-15(12-13)21-14-8-10-18-11-9-14/h5-12H,4H2,1-3H3,(H,19,20). The Morgan fingerprint density at radius 3 is 2.57 bits per heavy atom. The van der Waals surface area contributed by atoms with E-state index >= 15 is 0 Å². The van der Waals surface area contributed by atoms with E-state index < -0.39 is 0 Å². The molecule has 2 rings (SSSR count). The Hall–Kier alpha value is -2.36. The molecule has 0 saturated carbocycles. The predicted octanol–water partition coefficient (Wildman–Crippen LogP) is 4.25. The molecule has 0 aliphatic heterocycles. The Morgan fingerprint density at radius 2 is 1.90 bits per heavy atom. The van der Waals surface area contributed by atoms with Gasteiger partial charge in [0.25, 0.3) is 0 Å². The van der Waals surface area contributed by atoms with Crippen molar-refractivity contribution in [2.24, 2.45) is 5.41 Å². The number of hydrogen-bond donors (Lipinski definition) is 1. The van der Waals surface area contributed by atoms with E-state index in [1.807, 2.05) is 45.0 Å². The third-order valence-electron chi connectivity index (χ3n) is 3.48. The van der Waals surface area contributed by atoms with Crippen LogP contribution in [0.25, 0.3) is 0 Å². The molecular formula is C17H20N2O2. The topological polar surface area (TPSA) is 51.2 Å². The first kappa shape index (κ1) is 15.0. The Morgan fingerprint density at radius 1 is 1.19 bits per heavy atom. The largest absolute Gasteiger partial charge is 0.457 e. The van der Waals surface area contributed by atoms with E-state index in [-0.39, 0.29) is 11.3 Å². The van der Waals surface area contributed by atoms with E-state index in [1.165, 1.54) is 0 Å². The second-order valence-electron chi connectivity index (χ2n) is 5.50. The first-order valence-corrected chi connectivity index (χ1v) is 7.00. The quantitative estimate of drug-likeness (QED) is 0.893. The molecule has 1 heterocycles. The highest BCUT2D eigenvalue weighted by Gasteiger charge is 2.25. The number of amides is 1. The minimum Gasteiger partial charge on any atom is -0.457 e. The van der Waals surface area contributed by atoms with Gasteiger partial charge >= 0.3 is 0 Å². The van der Waals surface area contributed by atoms with Gasteiger partial charge in [0.1, 0.15) is 11.5 Å². The molecule has 1 aromatic heterocycles. The van der Waals surface area contributed by atoms with E-state index in [1.54, 1.807) is 24.5 Å². The molecule has 1 N–H and O–H groups in total. The molecular weight excluding hydrogens is 264 g/mol. The molecule has 0 aliphatic carbocycles. The van der Waals surface area contributed by atoms with E-state index in [2.05, 4.69) is 10.3 Å². The number of ether oxygens (including phenoxy) is 1. The maximum absolute atomic E-state index is 12.2. The minimum absolute atomic E-state index is 0.00561. The first-order valence-electron chi connectivity index (χ1n) is 7.00. The first-order chi connectivity index (χ1) is 10.0.